The summed E-state index contributed by atoms with van der Waals surface area (Å²) < 4.78 is 1.86. The van der Waals surface area contributed by atoms with E-state index in [1.807, 2.05) is 38.6 Å². The van der Waals surface area contributed by atoms with Crippen LogP contribution in [0.4, 0.5) is 5.69 Å². The summed E-state index contributed by atoms with van der Waals surface area (Å²) in [6.07, 6.45) is 0. The van der Waals surface area contributed by atoms with Gasteiger partial charge in [-0.3, -0.25) is 4.68 Å². The maximum absolute atomic E-state index is 11.1. The number of carbonyl (C=O) groups is 1. The van der Waals surface area contributed by atoms with Crippen LogP contribution in [-0.4, -0.2) is 20.9 Å². The highest BCUT2D eigenvalue weighted by Crippen LogP contribution is 2.27. The van der Waals surface area contributed by atoms with E-state index in [4.69, 9.17) is 5.11 Å². The van der Waals surface area contributed by atoms with Crippen LogP contribution in [-0.2, 0) is 7.05 Å². The number of nitrogens with zero attached hydrogens (tertiary/aromatic N) is 2. The van der Waals surface area contributed by atoms with E-state index in [9.17, 15) is 4.79 Å². The van der Waals surface area contributed by atoms with E-state index in [0.29, 0.717) is 0 Å². The van der Waals surface area contributed by atoms with Gasteiger partial charge in [-0.25, -0.2) is 4.79 Å². The molecule has 112 valence electrons. The Labute approximate surface area is 124 Å². The maximum Gasteiger partial charge on any atom is 0.335 e. The third kappa shape index (κ3) is 2.91. The van der Waals surface area contributed by atoms with Gasteiger partial charge in [0.25, 0.3) is 0 Å². The fourth-order valence-electron chi connectivity index (χ4n) is 2.63. The second-order valence-electron chi connectivity index (χ2n) is 5.41. The van der Waals surface area contributed by atoms with Crippen LogP contribution in [0.5, 0.6) is 0 Å². The number of carboxylic acids is 1. The molecule has 2 aromatic rings. The van der Waals surface area contributed by atoms with Crippen LogP contribution in [0.15, 0.2) is 18.2 Å². The van der Waals surface area contributed by atoms with E-state index in [-0.39, 0.29) is 11.6 Å². The molecule has 0 saturated heterocycles. The van der Waals surface area contributed by atoms with Gasteiger partial charge in [0, 0.05) is 24.0 Å². The number of anilines is 1. The van der Waals surface area contributed by atoms with Crippen LogP contribution in [0.2, 0.25) is 0 Å². The molecule has 0 saturated carbocycles. The molecule has 0 amide bonds. The van der Waals surface area contributed by atoms with Crippen molar-refractivity contribution >= 4 is 11.7 Å². The number of hydrogen-bond acceptors (Lipinski definition) is 3. The average Bonchev–Trinajstić information content (AvgIpc) is 2.65. The number of aromatic nitrogens is 2. The van der Waals surface area contributed by atoms with Crippen LogP contribution in [0.25, 0.3) is 0 Å². The molecule has 2 N–H and O–H groups in total. The van der Waals surface area contributed by atoms with E-state index in [1.54, 1.807) is 12.1 Å². The van der Waals surface area contributed by atoms with Crippen molar-refractivity contribution in [1.82, 2.24) is 9.78 Å². The number of aromatic carboxylic acids is 1. The van der Waals surface area contributed by atoms with Gasteiger partial charge >= 0.3 is 5.97 Å². The van der Waals surface area contributed by atoms with Gasteiger partial charge in [-0.2, -0.15) is 5.10 Å². The van der Waals surface area contributed by atoms with E-state index >= 15 is 0 Å². The van der Waals surface area contributed by atoms with Gasteiger partial charge < -0.3 is 10.4 Å². The minimum absolute atomic E-state index is 0.0569. The van der Waals surface area contributed by atoms with Crippen LogP contribution in [0.1, 0.15) is 45.8 Å². The zero-order valence-electron chi connectivity index (χ0n) is 13.1. The molecule has 1 atom stereocenters. The van der Waals surface area contributed by atoms with Gasteiger partial charge in [-0.15, -0.1) is 0 Å². The molecule has 1 unspecified atom stereocenters. The van der Waals surface area contributed by atoms with Crippen molar-refractivity contribution in [1.29, 1.82) is 0 Å². The van der Waals surface area contributed by atoms with Crippen molar-refractivity contribution < 1.29 is 9.90 Å². The lowest BCUT2D eigenvalue weighted by atomic mass is 10.0. The molecule has 1 aromatic carbocycles. The summed E-state index contributed by atoms with van der Waals surface area (Å²) in [5, 5.41) is 16.9. The van der Waals surface area contributed by atoms with Crippen molar-refractivity contribution in [2.24, 2.45) is 7.05 Å². The topological polar surface area (TPSA) is 67.2 Å². The van der Waals surface area contributed by atoms with Crippen LogP contribution in [0.3, 0.4) is 0 Å². The third-order valence-electron chi connectivity index (χ3n) is 3.85. The van der Waals surface area contributed by atoms with E-state index < -0.39 is 5.97 Å². The first-order valence-electron chi connectivity index (χ1n) is 6.91. The lowest BCUT2D eigenvalue weighted by Gasteiger charge is -2.18. The molecular formula is C16H21N3O2. The molecule has 2 rings (SSSR count). The van der Waals surface area contributed by atoms with E-state index in [2.05, 4.69) is 17.3 Å². The fourth-order valence-corrected chi connectivity index (χ4v) is 2.63. The van der Waals surface area contributed by atoms with E-state index in [0.717, 1.165) is 28.2 Å². The Morgan fingerprint density at radius 2 is 2.00 bits per heavy atom. The van der Waals surface area contributed by atoms with Gasteiger partial charge in [0.2, 0.25) is 0 Å². The predicted molar refractivity (Wildman–Crippen MR) is 82.9 cm³/mol. The molecule has 0 fully saturated rings. The highest BCUT2D eigenvalue weighted by Gasteiger charge is 2.17. The first-order chi connectivity index (χ1) is 9.81. The molecule has 21 heavy (non-hydrogen) atoms. The van der Waals surface area contributed by atoms with Crippen molar-refractivity contribution in [3.63, 3.8) is 0 Å². The Morgan fingerprint density at radius 3 is 2.52 bits per heavy atom. The summed E-state index contributed by atoms with van der Waals surface area (Å²) in [5.41, 5.74) is 5.39. The molecule has 0 radical (unpaired) electrons. The molecule has 0 aliphatic carbocycles. The lowest BCUT2D eigenvalue weighted by molar-refractivity contribution is 0.0697. The van der Waals surface area contributed by atoms with Crippen LogP contribution >= 0.6 is 0 Å². The molecule has 0 spiro atoms. The standard InChI is InChI=1S/C16H21N3O2/c1-9-6-7-13(16(20)21)8-14(9)17-10(2)15-11(3)18-19(5)12(15)4/h6-8,10,17H,1-5H3,(H,20,21). The third-order valence-corrected chi connectivity index (χ3v) is 3.85. The number of nitrogens with one attached hydrogen (secondary N) is 1. The van der Waals surface area contributed by atoms with Crippen molar-refractivity contribution in [2.75, 3.05) is 5.32 Å². The molecule has 1 heterocycles. The second kappa shape index (κ2) is 5.60. The zero-order valence-corrected chi connectivity index (χ0v) is 13.1. The SMILES string of the molecule is Cc1ccc(C(=O)O)cc1NC(C)c1c(C)nn(C)c1C. The Hall–Kier alpha value is -2.30. The molecule has 1 aromatic heterocycles. The molecule has 0 aliphatic heterocycles. The molecule has 5 heteroatoms. The average molecular weight is 287 g/mol. The zero-order chi connectivity index (χ0) is 15.7. The van der Waals surface area contributed by atoms with Crippen molar-refractivity contribution in [2.45, 2.75) is 33.7 Å². The highest BCUT2D eigenvalue weighted by molar-refractivity contribution is 5.89. The normalized spacial score (nSPS) is 12.2. The number of benzene rings is 1. The minimum atomic E-state index is -0.917. The second-order valence-corrected chi connectivity index (χ2v) is 5.41. The molecule has 5 nitrogen and oxygen atoms in total. The largest absolute Gasteiger partial charge is 0.478 e. The Morgan fingerprint density at radius 1 is 1.33 bits per heavy atom. The quantitative estimate of drug-likeness (QED) is 0.906. The van der Waals surface area contributed by atoms with Crippen molar-refractivity contribution in [3.05, 3.63) is 46.3 Å². The summed E-state index contributed by atoms with van der Waals surface area (Å²) in [4.78, 5) is 11.1. The van der Waals surface area contributed by atoms with Crippen molar-refractivity contribution in [3.8, 4) is 0 Å². The van der Waals surface area contributed by atoms with Gasteiger partial charge in [0.1, 0.15) is 0 Å². The first-order valence-corrected chi connectivity index (χ1v) is 6.91. The Kier molecular flexibility index (Phi) is 4.02. The number of hydrogen-bond donors (Lipinski definition) is 2. The van der Waals surface area contributed by atoms with Gasteiger partial charge in [0.15, 0.2) is 0 Å². The highest BCUT2D eigenvalue weighted by atomic mass is 16.4. The van der Waals surface area contributed by atoms with Gasteiger partial charge in [-0.1, -0.05) is 6.07 Å². The Balaban J connectivity index is 2.33. The lowest BCUT2D eigenvalue weighted by Crippen LogP contribution is -2.11. The molecule has 0 aliphatic rings. The summed E-state index contributed by atoms with van der Waals surface area (Å²) in [5.74, 6) is -0.917. The number of carboxylic acid groups (broad SMARTS) is 1. The van der Waals surface area contributed by atoms with Crippen LogP contribution in [0, 0.1) is 20.8 Å². The number of aryl methyl sites for hydroxylation is 3. The number of rotatable bonds is 4. The van der Waals surface area contributed by atoms with E-state index in [1.165, 1.54) is 0 Å². The summed E-state index contributed by atoms with van der Waals surface area (Å²) in [6.45, 7) is 8.04. The summed E-state index contributed by atoms with van der Waals surface area (Å²) >= 11 is 0. The maximum atomic E-state index is 11.1. The predicted octanol–water partition coefficient (Wildman–Crippen LogP) is 3.22. The summed E-state index contributed by atoms with van der Waals surface area (Å²) in [6, 6.07) is 5.17. The minimum Gasteiger partial charge on any atom is -0.478 e. The first kappa shape index (κ1) is 15.1. The smallest absolute Gasteiger partial charge is 0.335 e. The fraction of sp³-hybridized carbons (Fsp3) is 0.375. The molecular weight excluding hydrogens is 266 g/mol. The monoisotopic (exact) mass is 287 g/mol. The van der Waals surface area contributed by atoms with Gasteiger partial charge in [0.05, 0.1) is 17.3 Å². The summed E-state index contributed by atoms with van der Waals surface area (Å²) in [7, 11) is 1.93. The van der Waals surface area contributed by atoms with Crippen LogP contribution < -0.4 is 5.32 Å². The van der Waals surface area contributed by atoms with Gasteiger partial charge in [-0.05, 0) is 45.4 Å². The molecule has 0 bridgehead atoms. The Bertz CT molecular complexity index is 689.